The van der Waals surface area contributed by atoms with E-state index in [-0.39, 0.29) is 0 Å². The van der Waals surface area contributed by atoms with Gasteiger partial charge in [0.1, 0.15) is 18.5 Å². The maximum Gasteiger partial charge on any atom is 0.124 e. The van der Waals surface area contributed by atoms with E-state index >= 15 is 0 Å². The summed E-state index contributed by atoms with van der Waals surface area (Å²) in [5, 5.41) is 14.5. The molecule has 0 saturated carbocycles. The molecule has 1 atom stereocenters. The number of nitrogens with one attached hydrogen (secondary N) is 2. The lowest BCUT2D eigenvalue weighted by atomic mass is 10.2. The molecule has 1 aliphatic heterocycles. The van der Waals surface area contributed by atoms with E-state index in [1.807, 2.05) is 24.4 Å². The highest BCUT2D eigenvalue weighted by Crippen LogP contribution is 2.23. The largest absolute Gasteiger partial charge is 0.491 e. The van der Waals surface area contributed by atoms with Gasteiger partial charge in [-0.15, -0.1) is 0 Å². The van der Waals surface area contributed by atoms with Gasteiger partial charge in [0.05, 0.1) is 6.33 Å². The van der Waals surface area contributed by atoms with E-state index in [4.69, 9.17) is 16.3 Å². The molecule has 1 aromatic carbocycles. The number of likely N-dealkylation sites (tertiary alicyclic amines) is 1. The minimum absolute atomic E-state index is 0.291. The zero-order chi connectivity index (χ0) is 19.6. The Morgan fingerprint density at radius 1 is 1.25 bits per heavy atom. The van der Waals surface area contributed by atoms with E-state index in [9.17, 15) is 5.11 Å². The lowest BCUT2D eigenvalue weighted by molar-refractivity contribution is 0.0690. The molecule has 1 aliphatic rings. The molecule has 7 heteroatoms. The van der Waals surface area contributed by atoms with Gasteiger partial charge in [-0.25, -0.2) is 4.98 Å². The predicted octanol–water partition coefficient (Wildman–Crippen LogP) is 3.01. The van der Waals surface area contributed by atoms with Crippen LogP contribution in [0, 0.1) is 0 Å². The van der Waals surface area contributed by atoms with Crippen LogP contribution < -0.4 is 10.1 Å². The van der Waals surface area contributed by atoms with Crippen molar-refractivity contribution in [3.63, 3.8) is 0 Å². The molecule has 154 valence electrons. The van der Waals surface area contributed by atoms with Gasteiger partial charge in [-0.05, 0) is 44.1 Å². The second-order valence-electron chi connectivity index (χ2n) is 7.44. The molecule has 6 nitrogen and oxygen atoms in total. The molecule has 1 aromatic heterocycles. The summed E-state index contributed by atoms with van der Waals surface area (Å²) in [7, 11) is 0. The van der Waals surface area contributed by atoms with Gasteiger partial charge in [-0.2, -0.15) is 0 Å². The Labute approximate surface area is 172 Å². The number of rotatable bonds is 10. The lowest BCUT2D eigenvalue weighted by Crippen LogP contribution is -2.36. The number of β-amino-alcohol motifs (C(OH)–C–C–N with tert-alkyl or cyclic N) is 1. The summed E-state index contributed by atoms with van der Waals surface area (Å²) >= 11 is 6.17. The van der Waals surface area contributed by atoms with Crippen molar-refractivity contribution in [3.8, 4) is 5.75 Å². The summed E-state index contributed by atoms with van der Waals surface area (Å²) in [6, 6.07) is 5.63. The van der Waals surface area contributed by atoms with Crippen LogP contribution in [0.15, 0.2) is 30.7 Å². The molecule has 28 heavy (non-hydrogen) atoms. The third-order valence-electron chi connectivity index (χ3n) is 5.06. The summed E-state index contributed by atoms with van der Waals surface area (Å²) in [6.07, 6.45) is 8.95. The van der Waals surface area contributed by atoms with Crippen LogP contribution in [0.1, 0.15) is 36.9 Å². The number of halogens is 1. The Bertz CT molecular complexity index is 688. The molecule has 0 radical (unpaired) electrons. The highest BCUT2D eigenvalue weighted by atomic mass is 35.5. The van der Waals surface area contributed by atoms with E-state index in [2.05, 4.69) is 20.2 Å². The van der Waals surface area contributed by atoms with Crippen LogP contribution in [-0.2, 0) is 13.0 Å². The molecular weight excluding hydrogens is 376 g/mol. The molecule has 0 amide bonds. The van der Waals surface area contributed by atoms with Gasteiger partial charge in [0, 0.05) is 48.5 Å². The van der Waals surface area contributed by atoms with Crippen LogP contribution in [0.4, 0.5) is 0 Å². The second-order valence-corrected chi connectivity index (χ2v) is 7.87. The maximum atomic E-state index is 10.4. The Morgan fingerprint density at radius 2 is 2.07 bits per heavy atom. The zero-order valence-electron chi connectivity index (χ0n) is 16.4. The van der Waals surface area contributed by atoms with Crippen LogP contribution >= 0.6 is 11.6 Å². The zero-order valence-corrected chi connectivity index (χ0v) is 17.1. The monoisotopic (exact) mass is 406 g/mol. The van der Waals surface area contributed by atoms with Crippen molar-refractivity contribution in [1.82, 2.24) is 20.2 Å². The van der Waals surface area contributed by atoms with Gasteiger partial charge in [0.2, 0.25) is 0 Å². The number of ether oxygens (including phenoxy) is 1. The van der Waals surface area contributed by atoms with Gasteiger partial charge in [0.25, 0.3) is 0 Å². The third-order valence-corrected chi connectivity index (χ3v) is 5.30. The lowest BCUT2D eigenvalue weighted by Gasteiger charge is -2.23. The van der Waals surface area contributed by atoms with Gasteiger partial charge < -0.3 is 25.0 Å². The summed E-state index contributed by atoms with van der Waals surface area (Å²) < 4.78 is 5.94. The topological polar surface area (TPSA) is 73.4 Å². The first-order chi connectivity index (χ1) is 13.7. The van der Waals surface area contributed by atoms with Crippen molar-refractivity contribution in [3.05, 3.63) is 47.0 Å². The summed E-state index contributed by atoms with van der Waals surface area (Å²) in [4.78, 5) is 9.47. The summed E-state index contributed by atoms with van der Waals surface area (Å²) in [6.45, 7) is 4.59. The highest BCUT2D eigenvalue weighted by Gasteiger charge is 2.15. The van der Waals surface area contributed by atoms with Crippen LogP contribution in [0.25, 0.3) is 0 Å². The molecule has 2 aromatic rings. The molecule has 0 bridgehead atoms. The Kier molecular flexibility index (Phi) is 8.61. The smallest absolute Gasteiger partial charge is 0.124 e. The average molecular weight is 407 g/mol. The maximum absolute atomic E-state index is 10.4. The van der Waals surface area contributed by atoms with Gasteiger partial charge in [-0.3, -0.25) is 0 Å². The van der Waals surface area contributed by atoms with E-state index in [0.29, 0.717) is 24.7 Å². The first-order valence-electron chi connectivity index (χ1n) is 10.2. The molecule has 0 aliphatic carbocycles. The van der Waals surface area contributed by atoms with Crippen molar-refractivity contribution >= 4 is 11.6 Å². The van der Waals surface area contributed by atoms with Crippen LogP contribution in [0.5, 0.6) is 5.75 Å². The standard InChI is InChI=1S/C21H31ClN4O2/c22-18-5-6-21(17(11-18)12-23-8-7-19-13-24-16-25-19)28-15-20(27)14-26-9-3-1-2-4-10-26/h5-6,11,13,16,20,23,27H,1-4,7-10,12,14-15H2,(H,24,25)/t20-/m0/s1. The van der Waals surface area contributed by atoms with Crippen molar-refractivity contribution in [2.75, 3.05) is 32.8 Å². The number of aliphatic hydroxyl groups is 1. The molecule has 0 spiro atoms. The fourth-order valence-electron chi connectivity index (χ4n) is 3.55. The van der Waals surface area contributed by atoms with Gasteiger partial charge in [0.15, 0.2) is 0 Å². The number of aromatic amines is 1. The second kappa shape index (κ2) is 11.4. The SMILES string of the molecule is O[C@H](COc1ccc(Cl)cc1CNCCc1cnc[nH]1)CN1CCCCCC1. The quantitative estimate of drug-likeness (QED) is 0.529. The number of hydrogen-bond donors (Lipinski definition) is 3. The van der Waals surface area contributed by atoms with Crippen LogP contribution in [0.2, 0.25) is 5.02 Å². The number of aliphatic hydroxyl groups excluding tert-OH is 1. The number of hydrogen-bond acceptors (Lipinski definition) is 5. The minimum Gasteiger partial charge on any atom is -0.491 e. The van der Waals surface area contributed by atoms with Crippen LogP contribution in [0.3, 0.4) is 0 Å². The van der Waals surface area contributed by atoms with Gasteiger partial charge >= 0.3 is 0 Å². The summed E-state index contributed by atoms with van der Waals surface area (Å²) in [5.41, 5.74) is 2.10. The molecule has 1 fully saturated rings. The first kappa shape index (κ1) is 21.1. The van der Waals surface area contributed by atoms with Gasteiger partial charge in [-0.1, -0.05) is 24.4 Å². The Morgan fingerprint density at radius 3 is 2.82 bits per heavy atom. The average Bonchev–Trinajstić information content (AvgIpc) is 3.08. The Hall–Kier alpha value is -1.60. The molecule has 2 heterocycles. The minimum atomic E-state index is -0.491. The fraction of sp³-hybridized carbons (Fsp3) is 0.571. The molecule has 3 rings (SSSR count). The summed E-state index contributed by atoms with van der Waals surface area (Å²) in [5.74, 6) is 0.772. The van der Waals surface area contributed by atoms with Crippen molar-refractivity contribution < 1.29 is 9.84 Å². The number of benzene rings is 1. The number of aromatic nitrogens is 2. The predicted molar refractivity (Wildman–Crippen MR) is 112 cm³/mol. The fourth-order valence-corrected chi connectivity index (χ4v) is 3.74. The van der Waals surface area contributed by atoms with Crippen molar-refractivity contribution in [2.45, 2.75) is 44.8 Å². The normalized spacial score (nSPS) is 16.6. The molecule has 0 unspecified atom stereocenters. The van der Waals surface area contributed by atoms with E-state index < -0.39 is 6.10 Å². The number of nitrogens with zero attached hydrogens (tertiary/aromatic N) is 2. The Balaban J connectivity index is 1.45. The molecular formula is C21H31ClN4O2. The van der Waals surface area contributed by atoms with E-state index in [1.54, 1.807) is 6.33 Å². The van der Waals surface area contributed by atoms with E-state index in [1.165, 1.54) is 25.7 Å². The number of imidazole rings is 1. The van der Waals surface area contributed by atoms with Crippen molar-refractivity contribution in [1.29, 1.82) is 0 Å². The molecule has 1 saturated heterocycles. The van der Waals surface area contributed by atoms with Crippen LogP contribution in [-0.4, -0.2) is 58.9 Å². The highest BCUT2D eigenvalue weighted by molar-refractivity contribution is 6.30. The number of H-pyrrole nitrogens is 1. The third kappa shape index (κ3) is 7.09. The van der Waals surface area contributed by atoms with E-state index in [0.717, 1.165) is 43.1 Å². The molecule has 3 N–H and O–H groups in total. The van der Waals surface area contributed by atoms with Crippen molar-refractivity contribution in [2.24, 2.45) is 0 Å². The first-order valence-corrected chi connectivity index (χ1v) is 10.6.